The fourth-order valence-corrected chi connectivity index (χ4v) is 5.26. The highest BCUT2D eigenvalue weighted by atomic mass is 32.2. The number of sulfone groups is 1. The summed E-state index contributed by atoms with van der Waals surface area (Å²) in [4.78, 5) is 26.0. The van der Waals surface area contributed by atoms with Crippen molar-refractivity contribution in [3.63, 3.8) is 0 Å². The zero-order valence-corrected chi connectivity index (χ0v) is 14.3. The summed E-state index contributed by atoms with van der Waals surface area (Å²) in [6.45, 7) is 0.308. The summed E-state index contributed by atoms with van der Waals surface area (Å²) in [5.74, 6) is -2.42. The number of hydrogen-bond donors (Lipinski definition) is 1. The standard InChI is InChI=1S/C17H21NO5S/c1-24(22,23)17(8-5-9-17)16(21)18-10-13(14(11-18)15(19)20)12-6-3-2-4-7-12/h2-4,6-7,13-14H,5,8-11H2,1H3,(H,19,20)/t13-,14-/m0/s1. The lowest BCUT2D eigenvalue weighted by Crippen LogP contribution is -2.57. The highest BCUT2D eigenvalue weighted by molar-refractivity contribution is 7.93. The Morgan fingerprint density at radius 3 is 2.25 bits per heavy atom. The molecule has 0 aromatic heterocycles. The quantitative estimate of drug-likeness (QED) is 0.882. The Hall–Kier alpha value is -1.89. The average molecular weight is 351 g/mol. The van der Waals surface area contributed by atoms with E-state index in [9.17, 15) is 23.1 Å². The number of likely N-dealkylation sites (tertiary alicyclic amines) is 1. The number of hydrogen-bond acceptors (Lipinski definition) is 4. The van der Waals surface area contributed by atoms with Gasteiger partial charge in [-0.2, -0.15) is 0 Å². The maximum Gasteiger partial charge on any atom is 0.308 e. The molecule has 0 spiro atoms. The molecule has 1 aliphatic carbocycles. The van der Waals surface area contributed by atoms with Crippen molar-refractivity contribution in [1.82, 2.24) is 4.90 Å². The molecule has 0 unspecified atom stereocenters. The van der Waals surface area contributed by atoms with Gasteiger partial charge in [0.25, 0.3) is 0 Å². The van der Waals surface area contributed by atoms with Crippen LogP contribution in [-0.2, 0) is 19.4 Å². The maximum absolute atomic E-state index is 12.9. The van der Waals surface area contributed by atoms with Gasteiger partial charge in [0.2, 0.25) is 5.91 Å². The van der Waals surface area contributed by atoms with Gasteiger partial charge in [-0.15, -0.1) is 0 Å². The van der Waals surface area contributed by atoms with Crippen LogP contribution in [0, 0.1) is 5.92 Å². The molecule has 1 aromatic rings. The van der Waals surface area contributed by atoms with Gasteiger partial charge in [0, 0.05) is 25.3 Å². The fraction of sp³-hybridized carbons (Fsp3) is 0.529. The molecule has 24 heavy (non-hydrogen) atoms. The third-order valence-electron chi connectivity index (χ3n) is 5.41. The molecule has 1 aliphatic heterocycles. The first-order valence-corrected chi connectivity index (χ1v) is 9.92. The number of carbonyl (C=O) groups excluding carboxylic acids is 1. The summed E-state index contributed by atoms with van der Waals surface area (Å²) in [6, 6.07) is 9.23. The van der Waals surface area contributed by atoms with Crippen molar-refractivity contribution >= 4 is 21.7 Å². The molecule has 3 rings (SSSR count). The topological polar surface area (TPSA) is 91.8 Å². The van der Waals surface area contributed by atoms with E-state index in [1.54, 1.807) is 0 Å². The Morgan fingerprint density at radius 1 is 1.17 bits per heavy atom. The smallest absolute Gasteiger partial charge is 0.308 e. The van der Waals surface area contributed by atoms with Gasteiger partial charge in [-0.05, 0) is 24.8 Å². The van der Waals surface area contributed by atoms with Crippen molar-refractivity contribution in [3.05, 3.63) is 35.9 Å². The van der Waals surface area contributed by atoms with Crippen molar-refractivity contribution in [2.75, 3.05) is 19.3 Å². The predicted molar refractivity (Wildman–Crippen MR) is 88.3 cm³/mol. The molecule has 0 bridgehead atoms. The summed E-state index contributed by atoms with van der Waals surface area (Å²) in [5, 5.41) is 9.52. The van der Waals surface area contributed by atoms with E-state index in [1.807, 2.05) is 30.3 Å². The van der Waals surface area contributed by atoms with Gasteiger partial charge >= 0.3 is 5.97 Å². The first-order chi connectivity index (χ1) is 11.3. The van der Waals surface area contributed by atoms with Gasteiger partial charge in [0.1, 0.15) is 0 Å². The summed E-state index contributed by atoms with van der Waals surface area (Å²) >= 11 is 0. The zero-order chi connectivity index (χ0) is 17.5. The van der Waals surface area contributed by atoms with Crippen LogP contribution in [0.25, 0.3) is 0 Å². The highest BCUT2D eigenvalue weighted by Crippen LogP contribution is 2.43. The van der Waals surface area contributed by atoms with Gasteiger partial charge in [0.15, 0.2) is 14.6 Å². The molecule has 1 N–H and O–H groups in total. The second kappa shape index (κ2) is 5.88. The SMILES string of the molecule is CS(=O)(=O)C1(C(=O)N2C[C@H](C(=O)O)[C@H](c3ccccc3)C2)CCC1. The van der Waals surface area contributed by atoms with Crippen molar-refractivity contribution < 1.29 is 23.1 Å². The van der Waals surface area contributed by atoms with Crippen molar-refractivity contribution in [3.8, 4) is 0 Å². The van der Waals surface area contributed by atoms with Gasteiger partial charge < -0.3 is 10.0 Å². The Labute approximate surface area is 141 Å². The number of carbonyl (C=O) groups is 2. The Kier molecular flexibility index (Phi) is 4.15. The molecule has 130 valence electrons. The highest BCUT2D eigenvalue weighted by Gasteiger charge is 2.56. The first kappa shape index (κ1) is 17.0. The molecule has 1 amide bonds. The lowest BCUT2D eigenvalue weighted by Gasteiger charge is -2.40. The predicted octanol–water partition coefficient (Wildman–Crippen LogP) is 1.28. The molecule has 6 nitrogen and oxygen atoms in total. The molecule has 2 atom stereocenters. The number of carboxylic acid groups (broad SMARTS) is 1. The molecule has 1 saturated carbocycles. The van der Waals surface area contributed by atoms with E-state index in [4.69, 9.17) is 0 Å². The van der Waals surface area contributed by atoms with Gasteiger partial charge in [-0.3, -0.25) is 9.59 Å². The van der Waals surface area contributed by atoms with Crippen molar-refractivity contribution in [2.45, 2.75) is 29.9 Å². The third-order valence-corrected chi connectivity index (χ3v) is 7.42. The second-order valence-electron chi connectivity index (χ2n) is 6.79. The van der Waals surface area contributed by atoms with Crippen LogP contribution in [0.1, 0.15) is 30.7 Å². The van der Waals surface area contributed by atoms with E-state index in [0.717, 1.165) is 11.8 Å². The molecule has 2 aliphatic rings. The molecule has 1 heterocycles. The van der Waals surface area contributed by atoms with Crippen molar-refractivity contribution in [2.24, 2.45) is 5.92 Å². The summed E-state index contributed by atoms with van der Waals surface area (Å²) in [5.41, 5.74) is 0.863. The Balaban J connectivity index is 1.89. The molecular formula is C17H21NO5S. The average Bonchev–Trinajstić information content (AvgIpc) is 2.90. The van der Waals surface area contributed by atoms with E-state index >= 15 is 0 Å². The van der Waals surface area contributed by atoms with E-state index in [1.165, 1.54) is 4.90 Å². The molecule has 7 heteroatoms. The van der Waals surface area contributed by atoms with Gasteiger partial charge in [-0.1, -0.05) is 30.3 Å². The minimum atomic E-state index is -3.52. The minimum Gasteiger partial charge on any atom is -0.481 e. The molecule has 2 fully saturated rings. The lowest BCUT2D eigenvalue weighted by molar-refractivity contribution is -0.142. The van der Waals surface area contributed by atoms with Crippen LogP contribution in [-0.4, -0.2) is 54.4 Å². The number of amides is 1. The van der Waals surface area contributed by atoms with E-state index in [2.05, 4.69) is 0 Å². The van der Waals surface area contributed by atoms with Crippen LogP contribution >= 0.6 is 0 Å². The number of benzene rings is 1. The molecule has 1 saturated heterocycles. The molecule has 0 radical (unpaired) electrons. The van der Waals surface area contributed by atoms with Crippen LogP contribution < -0.4 is 0 Å². The summed E-state index contributed by atoms with van der Waals surface area (Å²) in [7, 11) is -3.52. The number of rotatable bonds is 4. The van der Waals surface area contributed by atoms with E-state index < -0.39 is 32.4 Å². The zero-order valence-electron chi connectivity index (χ0n) is 13.5. The number of carboxylic acids is 1. The van der Waals surface area contributed by atoms with Crippen LogP contribution in [0.5, 0.6) is 0 Å². The summed E-state index contributed by atoms with van der Waals surface area (Å²) < 4.78 is 22.9. The first-order valence-electron chi connectivity index (χ1n) is 8.03. The van der Waals surface area contributed by atoms with Gasteiger partial charge in [0.05, 0.1) is 5.92 Å². The second-order valence-corrected chi connectivity index (χ2v) is 9.12. The van der Waals surface area contributed by atoms with Gasteiger partial charge in [-0.25, -0.2) is 8.42 Å². The maximum atomic E-state index is 12.9. The number of aliphatic carboxylic acids is 1. The monoisotopic (exact) mass is 351 g/mol. The lowest BCUT2D eigenvalue weighted by atomic mass is 9.83. The van der Waals surface area contributed by atoms with Crippen LogP contribution in [0.3, 0.4) is 0 Å². The Bertz CT molecular complexity index is 754. The van der Waals surface area contributed by atoms with E-state index in [0.29, 0.717) is 19.3 Å². The number of nitrogens with zero attached hydrogens (tertiary/aromatic N) is 1. The van der Waals surface area contributed by atoms with Crippen molar-refractivity contribution in [1.29, 1.82) is 0 Å². The van der Waals surface area contributed by atoms with Crippen LogP contribution in [0.2, 0.25) is 0 Å². The normalized spacial score (nSPS) is 26.0. The third kappa shape index (κ3) is 2.60. The summed E-state index contributed by atoms with van der Waals surface area (Å²) in [6.07, 6.45) is 2.46. The fourth-order valence-electron chi connectivity index (χ4n) is 3.79. The molecular weight excluding hydrogens is 330 g/mol. The molecule has 1 aromatic carbocycles. The largest absolute Gasteiger partial charge is 0.481 e. The van der Waals surface area contributed by atoms with Crippen LogP contribution in [0.15, 0.2) is 30.3 Å². The Morgan fingerprint density at radius 2 is 1.79 bits per heavy atom. The van der Waals surface area contributed by atoms with E-state index in [-0.39, 0.29) is 19.0 Å². The minimum absolute atomic E-state index is 0.0605. The van der Waals surface area contributed by atoms with Crippen LogP contribution in [0.4, 0.5) is 0 Å².